The molecule has 0 unspecified atom stereocenters. The highest BCUT2D eigenvalue weighted by Crippen LogP contribution is 2.31. The Morgan fingerprint density at radius 2 is 1.71 bits per heavy atom. The molecule has 24 heavy (non-hydrogen) atoms. The summed E-state index contributed by atoms with van der Waals surface area (Å²) in [5, 5.41) is 9.54. The average molecular weight is 356 g/mol. The summed E-state index contributed by atoms with van der Waals surface area (Å²) >= 11 is 3.01. The van der Waals surface area contributed by atoms with E-state index >= 15 is 0 Å². The van der Waals surface area contributed by atoms with Gasteiger partial charge in [0.25, 0.3) is 5.91 Å². The van der Waals surface area contributed by atoms with Gasteiger partial charge in [-0.3, -0.25) is 9.59 Å². The number of para-hydroxylation sites is 1. The molecule has 6 heteroatoms. The van der Waals surface area contributed by atoms with Crippen molar-refractivity contribution in [2.24, 2.45) is 0 Å². The predicted molar refractivity (Wildman–Crippen MR) is 99.7 cm³/mol. The van der Waals surface area contributed by atoms with E-state index in [1.54, 1.807) is 17.4 Å². The van der Waals surface area contributed by atoms with Gasteiger partial charge in [-0.15, -0.1) is 22.7 Å². The maximum atomic E-state index is 12.1. The van der Waals surface area contributed by atoms with Crippen LogP contribution in [-0.4, -0.2) is 18.4 Å². The van der Waals surface area contributed by atoms with E-state index < -0.39 is 0 Å². The summed E-state index contributed by atoms with van der Waals surface area (Å²) in [6, 6.07) is 15.3. The second-order valence-electron chi connectivity index (χ2n) is 5.05. The number of hydrogen-bond donors (Lipinski definition) is 2. The third-order valence-corrected chi connectivity index (χ3v) is 5.14. The molecule has 0 radical (unpaired) electrons. The number of anilines is 1. The normalized spacial score (nSPS) is 10.3. The second-order valence-corrected chi connectivity index (χ2v) is 6.95. The fourth-order valence-corrected chi connectivity index (χ4v) is 3.64. The minimum absolute atomic E-state index is 0.120. The lowest BCUT2D eigenvalue weighted by atomic mass is 10.1. The summed E-state index contributed by atoms with van der Waals surface area (Å²) in [7, 11) is 0. The molecule has 0 atom stereocenters. The van der Waals surface area contributed by atoms with E-state index in [0.29, 0.717) is 11.4 Å². The van der Waals surface area contributed by atoms with Gasteiger partial charge >= 0.3 is 0 Å². The molecular formula is C18H16N2O2S2. The highest BCUT2D eigenvalue weighted by Gasteiger charge is 2.10. The number of hydrogen-bond acceptors (Lipinski definition) is 4. The van der Waals surface area contributed by atoms with Crippen LogP contribution in [-0.2, 0) is 4.79 Å². The number of rotatable bonds is 6. The first kappa shape index (κ1) is 16.4. The molecule has 0 aliphatic carbocycles. The molecule has 0 saturated carbocycles. The van der Waals surface area contributed by atoms with Gasteiger partial charge in [-0.05, 0) is 29.0 Å². The van der Waals surface area contributed by atoms with Gasteiger partial charge in [0.05, 0.1) is 4.88 Å². The molecule has 0 aliphatic heterocycles. The summed E-state index contributed by atoms with van der Waals surface area (Å²) in [4.78, 5) is 25.7. The number of carbonyl (C=O) groups excluding carboxylic acids is 2. The Balaban J connectivity index is 1.55. The van der Waals surface area contributed by atoms with E-state index in [-0.39, 0.29) is 18.2 Å². The number of carbonyl (C=O) groups is 2. The minimum atomic E-state index is -0.142. The van der Waals surface area contributed by atoms with Crippen molar-refractivity contribution in [3.63, 3.8) is 0 Å². The highest BCUT2D eigenvalue weighted by molar-refractivity contribution is 7.13. The monoisotopic (exact) mass is 356 g/mol. The van der Waals surface area contributed by atoms with Crippen molar-refractivity contribution in [1.82, 2.24) is 5.32 Å². The zero-order chi connectivity index (χ0) is 16.8. The van der Waals surface area contributed by atoms with Gasteiger partial charge in [-0.1, -0.05) is 30.3 Å². The van der Waals surface area contributed by atoms with Gasteiger partial charge in [-0.2, -0.15) is 0 Å². The lowest BCUT2D eigenvalue weighted by molar-refractivity contribution is -0.116. The average Bonchev–Trinajstić information content (AvgIpc) is 3.29. The van der Waals surface area contributed by atoms with E-state index in [2.05, 4.69) is 10.6 Å². The Labute approximate surface area is 148 Å². The Kier molecular flexibility index (Phi) is 5.40. The van der Waals surface area contributed by atoms with Gasteiger partial charge < -0.3 is 10.6 Å². The van der Waals surface area contributed by atoms with E-state index in [9.17, 15) is 9.59 Å². The van der Waals surface area contributed by atoms with Gasteiger partial charge in [0.15, 0.2) is 0 Å². The molecule has 4 nitrogen and oxygen atoms in total. The van der Waals surface area contributed by atoms with Crippen molar-refractivity contribution in [2.45, 2.75) is 6.42 Å². The molecule has 0 saturated heterocycles. The number of amides is 2. The standard InChI is InChI=1S/C18H16N2O2S2/c21-17(9-10-19-18(22)16-8-4-12-24-16)20-14-6-2-1-5-13(14)15-7-3-11-23-15/h1-8,11-12H,9-10H2,(H,19,22)(H,20,21). The maximum absolute atomic E-state index is 12.1. The Hall–Kier alpha value is -2.44. The minimum Gasteiger partial charge on any atom is -0.351 e. The highest BCUT2D eigenvalue weighted by atomic mass is 32.1. The topological polar surface area (TPSA) is 58.2 Å². The molecule has 2 aromatic heterocycles. The zero-order valence-electron chi connectivity index (χ0n) is 12.8. The number of benzene rings is 1. The van der Waals surface area contributed by atoms with Crippen molar-refractivity contribution >= 4 is 40.2 Å². The largest absolute Gasteiger partial charge is 0.351 e. The summed E-state index contributed by atoms with van der Waals surface area (Å²) in [5.74, 6) is -0.262. The first-order valence-electron chi connectivity index (χ1n) is 7.48. The lowest BCUT2D eigenvalue weighted by Crippen LogP contribution is -2.27. The summed E-state index contributed by atoms with van der Waals surface area (Å²) in [5.41, 5.74) is 1.79. The fourth-order valence-electron chi connectivity index (χ4n) is 2.24. The van der Waals surface area contributed by atoms with Crippen LogP contribution >= 0.6 is 22.7 Å². The van der Waals surface area contributed by atoms with E-state index in [4.69, 9.17) is 0 Å². The molecule has 0 spiro atoms. The maximum Gasteiger partial charge on any atom is 0.261 e. The van der Waals surface area contributed by atoms with Crippen molar-refractivity contribution in [1.29, 1.82) is 0 Å². The van der Waals surface area contributed by atoms with E-state index in [0.717, 1.165) is 16.1 Å². The fraction of sp³-hybridized carbons (Fsp3) is 0.111. The van der Waals surface area contributed by atoms with Crippen LogP contribution in [0.1, 0.15) is 16.1 Å². The van der Waals surface area contributed by atoms with Gasteiger partial charge in [-0.25, -0.2) is 0 Å². The van der Waals surface area contributed by atoms with Crippen LogP contribution in [0.2, 0.25) is 0 Å². The van der Waals surface area contributed by atoms with Crippen molar-refractivity contribution in [2.75, 3.05) is 11.9 Å². The Morgan fingerprint density at radius 1 is 0.917 bits per heavy atom. The number of nitrogens with one attached hydrogen (secondary N) is 2. The molecule has 2 N–H and O–H groups in total. The quantitative estimate of drug-likeness (QED) is 0.694. The summed E-state index contributed by atoms with van der Waals surface area (Å²) < 4.78 is 0. The molecule has 0 bridgehead atoms. The van der Waals surface area contributed by atoms with Crippen LogP contribution in [0.4, 0.5) is 5.69 Å². The van der Waals surface area contributed by atoms with Gasteiger partial charge in [0.1, 0.15) is 0 Å². The molecule has 2 amide bonds. The van der Waals surface area contributed by atoms with Crippen LogP contribution in [0, 0.1) is 0 Å². The lowest BCUT2D eigenvalue weighted by Gasteiger charge is -2.10. The third kappa shape index (κ3) is 4.10. The van der Waals surface area contributed by atoms with Crippen LogP contribution < -0.4 is 10.6 Å². The molecule has 0 aliphatic rings. The second kappa shape index (κ2) is 7.90. The smallest absolute Gasteiger partial charge is 0.261 e. The zero-order valence-corrected chi connectivity index (χ0v) is 14.5. The van der Waals surface area contributed by atoms with Gasteiger partial charge in [0.2, 0.25) is 5.91 Å². The Morgan fingerprint density at radius 3 is 2.46 bits per heavy atom. The molecule has 0 fully saturated rings. The molecular weight excluding hydrogens is 340 g/mol. The first-order valence-corrected chi connectivity index (χ1v) is 9.24. The van der Waals surface area contributed by atoms with Crippen molar-refractivity contribution in [3.05, 3.63) is 64.2 Å². The van der Waals surface area contributed by atoms with Gasteiger partial charge in [0, 0.05) is 29.1 Å². The molecule has 3 aromatic rings. The SMILES string of the molecule is O=C(CCNC(=O)c1cccs1)Nc1ccccc1-c1cccs1. The van der Waals surface area contributed by atoms with Crippen LogP contribution in [0.5, 0.6) is 0 Å². The van der Waals surface area contributed by atoms with Crippen LogP contribution in [0.3, 0.4) is 0 Å². The Bertz CT molecular complexity index is 811. The van der Waals surface area contributed by atoms with E-state index in [1.807, 2.05) is 53.2 Å². The predicted octanol–water partition coefficient (Wildman–Crippen LogP) is 4.24. The first-order chi connectivity index (χ1) is 11.7. The summed E-state index contributed by atoms with van der Waals surface area (Å²) in [6.45, 7) is 0.309. The molecule has 1 aromatic carbocycles. The third-order valence-electron chi connectivity index (χ3n) is 3.37. The molecule has 122 valence electrons. The number of thiophene rings is 2. The van der Waals surface area contributed by atoms with Crippen LogP contribution in [0.25, 0.3) is 10.4 Å². The molecule has 2 heterocycles. The molecule has 3 rings (SSSR count). The summed E-state index contributed by atoms with van der Waals surface area (Å²) in [6.07, 6.45) is 0.232. The van der Waals surface area contributed by atoms with E-state index in [1.165, 1.54) is 11.3 Å². The van der Waals surface area contributed by atoms with Crippen LogP contribution in [0.15, 0.2) is 59.3 Å². The van der Waals surface area contributed by atoms with Crippen molar-refractivity contribution < 1.29 is 9.59 Å². The van der Waals surface area contributed by atoms with Crippen molar-refractivity contribution in [3.8, 4) is 10.4 Å².